The van der Waals surface area contributed by atoms with E-state index < -0.39 is 28.9 Å². The van der Waals surface area contributed by atoms with Crippen LogP contribution in [0.1, 0.15) is 15.9 Å². The van der Waals surface area contributed by atoms with Crippen LogP contribution < -0.4 is 5.32 Å². The molecular weight excluding hydrogens is 288 g/mol. The Labute approximate surface area is 118 Å². The molecule has 0 aromatic heterocycles. The topological polar surface area (TPSA) is 49.3 Å². The maximum atomic E-state index is 13.8. The van der Waals surface area contributed by atoms with Crippen molar-refractivity contribution in [2.45, 2.75) is 6.92 Å². The minimum atomic E-state index is -1.40. The van der Waals surface area contributed by atoms with E-state index in [1.807, 2.05) is 0 Å². The summed E-state index contributed by atoms with van der Waals surface area (Å²) in [4.78, 5) is 10.7. The van der Waals surface area contributed by atoms with Crippen LogP contribution in [0.15, 0.2) is 30.3 Å². The summed E-state index contributed by atoms with van der Waals surface area (Å²) in [6, 6.07) is 6.42. The van der Waals surface area contributed by atoms with Gasteiger partial charge in [0.25, 0.3) is 0 Å². The summed E-state index contributed by atoms with van der Waals surface area (Å²) in [6.07, 6.45) is 0. The zero-order valence-corrected chi connectivity index (χ0v) is 11.1. The lowest BCUT2D eigenvalue weighted by Crippen LogP contribution is -2.04. The van der Waals surface area contributed by atoms with Crippen LogP contribution in [-0.2, 0) is 0 Å². The van der Waals surface area contributed by atoms with Gasteiger partial charge in [0.2, 0.25) is 0 Å². The van der Waals surface area contributed by atoms with Gasteiger partial charge in [0.15, 0.2) is 11.6 Å². The molecule has 0 aliphatic carbocycles. The Hall–Kier alpha value is -2.14. The molecule has 2 rings (SSSR count). The Morgan fingerprint density at radius 2 is 1.85 bits per heavy atom. The maximum Gasteiger partial charge on any atom is 0.335 e. The lowest BCUT2D eigenvalue weighted by Gasteiger charge is -2.12. The summed E-state index contributed by atoms with van der Waals surface area (Å²) in [7, 11) is 0. The first-order valence-electron chi connectivity index (χ1n) is 5.64. The van der Waals surface area contributed by atoms with Crippen LogP contribution in [0.5, 0.6) is 0 Å². The Morgan fingerprint density at radius 3 is 2.40 bits per heavy atom. The fourth-order valence-corrected chi connectivity index (χ4v) is 1.87. The van der Waals surface area contributed by atoms with E-state index in [-0.39, 0.29) is 0 Å². The van der Waals surface area contributed by atoms with Crippen LogP contribution in [0.25, 0.3) is 0 Å². The summed E-state index contributed by atoms with van der Waals surface area (Å²) in [5, 5.41) is 11.8. The third-order valence-electron chi connectivity index (χ3n) is 2.82. The fourth-order valence-electron chi connectivity index (χ4n) is 1.69. The van der Waals surface area contributed by atoms with Crippen LogP contribution in [0.4, 0.5) is 20.2 Å². The van der Waals surface area contributed by atoms with Crippen molar-refractivity contribution in [3.63, 3.8) is 0 Å². The molecule has 0 heterocycles. The summed E-state index contributed by atoms with van der Waals surface area (Å²) in [5.41, 5.74) is 0.211. The molecule has 2 N–H and O–H groups in total. The summed E-state index contributed by atoms with van der Waals surface area (Å²) >= 11 is 5.92. The third kappa shape index (κ3) is 2.72. The SMILES string of the molecule is Cc1c(Cl)cccc1Nc1c(F)cc(C(=O)O)cc1F. The van der Waals surface area contributed by atoms with E-state index in [0.29, 0.717) is 16.3 Å². The molecule has 0 amide bonds. The molecule has 0 bridgehead atoms. The number of benzene rings is 2. The number of halogens is 3. The Bertz CT molecular complexity index is 666. The van der Waals surface area contributed by atoms with Gasteiger partial charge in [0.05, 0.1) is 5.56 Å². The molecule has 2 aromatic rings. The van der Waals surface area contributed by atoms with Gasteiger partial charge >= 0.3 is 5.97 Å². The van der Waals surface area contributed by atoms with E-state index in [9.17, 15) is 13.6 Å². The molecule has 20 heavy (non-hydrogen) atoms. The second-order valence-electron chi connectivity index (χ2n) is 4.16. The summed E-state index contributed by atoms with van der Waals surface area (Å²) < 4.78 is 27.6. The van der Waals surface area contributed by atoms with Crippen LogP contribution in [0.2, 0.25) is 5.02 Å². The minimum Gasteiger partial charge on any atom is -0.478 e. The average Bonchev–Trinajstić information content (AvgIpc) is 2.38. The molecule has 104 valence electrons. The number of aromatic carboxylic acids is 1. The normalized spacial score (nSPS) is 10.4. The van der Waals surface area contributed by atoms with Crippen LogP contribution in [0.3, 0.4) is 0 Å². The number of nitrogens with one attached hydrogen (secondary N) is 1. The lowest BCUT2D eigenvalue weighted by atomic mass is 10.1. The molecule has 0 aliphatic rings. The van der Waals surface area contributed by atoms with Crippen molar-refractivity contribution < 1.29 is 18.7 Å². The quantitative estimate of drug-likeness (QED) is 0.884. The number of rotatable bonds is 3. The molecule has 0 saturated carbocycles. The van der Waals surface area contributed by atoms with Crippen LogP contribution in [0, 0.1) is 18.6 Å². The molecule has 6 heteroatoms. The predicted molar refractivity (Wildman–Crippen MR) is 72.8 cm³/mol. The van der Waals surface area contributed by atoms with Gasteiger partial charge in [-0.05, 0) is 36.8 Å². The monoisotopic (exact) mass is 297 g/mol. The number of carboxylic acid groups (broad SMARTS) is 1. The number of carbonyl (C=O) groups is 1. The van der Waals surface area contributed by atoms with E-state index in [4.69, 9.17) is 16.7 Å². The first-order chi connectivity index (χ1) is 9.40. The highest BCUT2D eigenvalue weighted by atomic mass is 35.5. The third-order valence-corrected chi connectivity index (χ3v) is 3.23. The van der Waals surface area contributed by atoms with Crippen molar-refractivity contribution >= 4 is 28.9 Å². The predicted octanol–water partition coefficient (Wildman–Crippen LogP) is 4.37. The van der Waals surface area contributed by atoms with Gasteiger partial charge in [0, 0.05) is 10.7 Å². The lowest BCUT2D eigenvalue weighted by molar-refractivity contribution is 0.0696. The number of anilines is 2. The van der Waals surface area contributed by atoms with Gasteiger partial charge in [-0.2, -0.15) is 0 Å². The molecule has 0 radical (unpaired) electrons. The van der Waals surface area contributed by atoms with Crippen molar-refractivity contribution in [2.24, 2.45) is 0 Å². The van der Waals surface area contributed by atoms with Crippen LogP contribution >= 0.6 is 11.6 Å². The zero-order chi connectivity index (χ0) is 14.9. The highest BCUT2D eigenvalue weighted by Crippen LogP contribution is 2.29. The van der Waals surface area contributed by atoms with Gasteiger partial charge in [-0.25, -0.2) is 13.6 Å². The molecule has 0 atom stereocenters. The Balaban J connectivity index is 2.44. The second kappa shape index (κ2) is 5.46. The van der Waals surface area contributed by atoms with Gasteiger partial charge in [-0.3, -0.25) is 0 Å². The zero-order valence-electron chi connectivity index (χ0n) is 10.4. The van der Waals surface area contributed by atoms with E-state index in [1.165, 1.54) is 0 Å². The summed E-state index contributed by atoms with van der Waals surface area (Å²) in [6.45, 7) is 1.70. The highest BCUT2D eigenvalue weighted by molar-refractivity contribution is 6.31. The van der Waals surface area contributed by atoms with Gasteiger partial charge < -0.3 is 10.4 Å². The highest BCUT2D eigenvalue weighted by Gasteiger charge is 2.15. The van der Waals surface area contributed by atoms with Gasteiger partial charge in [0.1, 0.15) is 5.69 Å². The van der Waals surface area contributed by atoms with Crippen LogP contribution in [-0.4, -0.2) is 11.1 Å². The first kappa shape index (κ1) is 14.3. The van der Waals surface area contributed by atoms with E-state index in [0.717, 1.165) is 12.1 Å². The fraction of sp³-hybridized carbons (Fsp3) is 0.0714. The maximum absolute atomic E-state index is 13.8. The van der Waals surface area contributed by atoms with Gasteiger partial charge in [-0.15, -0.1) is 0 Å². The standard InChI is InChI=1S/C14H10ClF2NO2/c1-7-9(15)3-2-4-12(7)18-13-10(16)5-8(14(19)20)6-11(13)17/h2-6,18H,1H3,(H,19,20). The van der Waals surface area contributed by atoms with E-state index in [1.54, 1.807) is 25.1 Å². The number of hydrogen-bond acceptors (Lipinski definition) is 2. The largest absolute Gasteiger partial charge is 0.478 e. The van der Waals surface area contributed by atoms with Crippen molar-refractivity contribution in [2.75, 3.05) is 5.32 Å². The minimum absolute atomic E-state index is 0.416. The summed E-state index contributed by atoms with van der Waals surface area (Å²) in [5.74, 6) is -3.36. The average molecular weight is 298 g/mol. The van der Waals surface area contributed by atoms with E-state index in [2.05, 4.69) is 5.32 Å². The second-order valence-corrected chi connectivity index (χ2v) is 4.56. The number of hydrogen-bond donors (Lipinski definition) is 2. The van der Waals surface area contributed by atoms with Crippen molar-refractivity contribution in [3.05, 3.63) is 58.1 Å². The molecule has 2 aromatic carbocycles. The van der Waals surface area contributed by atoms with Gasteiger partial charge in [-0.1, -0.05) is 17.7 Å². The molecule has 3 nitrogen and oxygen atoms in total. The molecule has 0 unspecified atom stereocenters. The van der Waals surface area contributed by atoms with Crippen molar-refractivity contribution in [1.29, 1.82) is 0 Å². The van der Waals surface area contributed by atoms with Crippen molar-refractivity contribution in [1.82, 2.24) is 0 Å². The van der Waals surface area contributed by atoms with E-state index >= 15 is 0 Å². The smallest absolute Gasteiger partial charge is 0.335 e. The van der Waals surface area contributed by atoms with Crippen molar-refractivity contribution in [3.8, 4) is 0 Å². The number of carboxylic acids is 1. The molecule has 0 saturated heterocycles. The molecule has 0 spiro atoms. The molecule has 0 aliphatic heterocycles. The Kier molecular flexibility index (Phi) is 3.90. The molecular formula is C14H10ClF2NO2. The Morgan fingerprint density at radius 1 is 1.25 bits per heavy atom. The molecule has 0 fully saturated rings. The first-order valence-corrected chi connectivity index (χ1v) is 6.02.